The number of carbonyl (C=O) groups is 1. The average molecular weight is 293 g/mol. The molecule has 1 aliphatic rings. The van der Waals surface area contributed by atoms with E-state index < -0.39 is 0 Å². The minimum absolute atomic E-state index is 0.0741. The van der Waals surface area contributed by atoms with E-state index in [9.17, 15) is 4.79 Å². The molecule has 0 aromatic carbocycles. The topological polar surface area (TPSA) is 48.7 Å². The van der Waals surface area contributed by atoms with Gasteiger partial charge in [0, 0.05) is 31.7 Å². The number of nitrogens with one attached hydrogen (secondary N) is 1. The van der Waals surface area contributed by atoms with Crippen molar-refractivity contribution in [3.63, 3.8) is 0 Å². The predicted octanol–water partition coefficient (Wildman–Crippen LogP) is 1.70. The molecular formula is C16H27N3O2. The van der Waals surface area contributed by atoms with Gasteiger partial charge in [-0.15, -0.1) is 0 Å². The molecule has 1 aromatic heterocycles. The Balaban J connectivity index is 1.79. The first-order chi connectivity index (χ1) is 9.85. The maximum Gasteiger partial charge on any atom is 0.237 e. The fraction of sp³-hybridized carbons (Fsp3) is 0.688. The standard InChI is InChI=1S/C16H27N3O2/c1-13(15(20)17-16(2,3)4)19-9-7-18(8-10-19)12-14-6-5-11-21-14/h5-6,11,13H,7-10,12H2,1-4H3,(H,17,20). The summed E-state index contributed by atoms with van der Waals surface area (Å²) in [6.45, 7) is 12.6. The van der Waals surface area contributed by atoms with Crippen molar-refractivity contribution < 1.29 is 9.21 Å². The van der Waals surface area contributed by atoms with Gasteiger partial charge in [0.1, 0.15) is 5.76 Å². The smallest absolute Gasteiger partial charge is 0.237 e. The average Bonchev–Trinajstić information content (AvgIpc) is 2.90. The molecule has 1 saturated heterocycles. The fourth-order valence-corrected chi connectivity index (χ4v) is 2.57. The number of hydrogen-bond acceptors (Lipinski definition) is 4. The maximum absolute atomic E-state index is 12.2. The first kappa shape index (κ1) is 16.0. The quantitative estimate of drug-likeness (QED) is 0.918. The van der Waals surface area contributed by atoms with Gasteiger partial charge in [-0.2, -0.15) is 0 Å². The summed E-state index contributed by atoms with van der Waals surface area (Å²) in [5.41, 5.74) is -0.174. The Morgan fingerprint density at radius 3 is 2.52 bits per heavy atom. The summed E-state index contributed by atoms with van der Waals surface area (Å²) < 4.78 is 5.38. The van der Waals surface area contributed by atoms with E-state index >= 15 is 0 Å². The Morgan fingerprint density at radius 2 is 2.00 bits per heavy atom. The number of rotatable bonds is 4. The van der Waals surface area contributed by atoms with Crippen LogP contribution in [0, 0.1) is 0 Å². The van der Waals surface area contributed by atoms with Crippen LogP contribution in [0.1, 0.15) is 33.5 Å². The molecular weight excluding hydrogens is 266 g/mol. The second kappa shape index (κ2) is 6.62. The molecule has 0 aliphatic carbocycles. The van der Waals surface area contributed by atoms with Crippen LogP contribution in [0.2, 0.25) is 0 Å². The van der Waals surface area contributed by atoms with Crippen LogP contribution in [0.25, 0.3) is 0 Å². The lowest BCUT2D eigenvalue weighted by Crippen LogP contribution is -2.56. The van der Waals surface area contributed by atoms with Gasteiger partial charge >= 0.3 is 0 Å². The lowest BCUT2D eigenvalue weighted by Gasteiger charge is -2.38. The Hall–Kier alpha value is -1.33. The molecule has 1 N–H and O–H groups in total. The summed E-state index contributed by atoms with van der Waals surface area (Å²) >= 11 is 0. The second-order valence-corrected chi connectivity index (χ2v) is 6.81. The van der Waals surface area contributed by atoms with Crippen LogP contribution < -0.4 is 5.32 Å². The van der Waals surface area contributed by atoms with Crippen LogP contribution in [-0.2, 0) is 11.3 Å². The number of piperazine rings is 1. The van der Waals surface area contributed by atoms with Gasteiger partial charge in [0.2, 0.25) is 5.91 Å². The number of nitrogens with zero attached hydrogens (tertiary/aromatic N) is 2. The van der Waals surface area contributed by atoms with Crippen molar-refractivity contribution in [2.45, 2.75) is 45.8 Å². The summed E-state index contributed by atoms with van der Waals surface area (Å²) in [5.74, 6) is 1.11. The van der Waals surface area contributed by atoms with Crippen LogP contribution in [0.3, 0.4) is 0 Å². The molecule has 1 amide bonds. The molecule has 0 bridgehead atoms. The van der Waals surface area contributed by atoms with Gasteiger partial charge in [0.05, 0.1) is 18.8 Å². The fourth-order valence-electron chi connectivity index (χ4n) is 2.57. The van der Waals surface area contributed by atoms with E-state index in [0.29, 0.717) is 0 Å². The van der Waals surface area contributed by atoms with Gasteiger partial charge in [0.15, 0.2) is 0 Å². The summed E-state index contributed by atoms with van der Waals surface area (Å²) in [7, 11) is 0. The first-order valence-electron chi connectivity index (χ1n) is 7.66. The molecule has 1 unspecified atom stereocenters. The zero-order valence-corrected chi connectivity index (χ0v) is 13.6. The first-order valence-corrected chi connectivity index (χ1v) is 7.66. The summed E-state index contributed by atoms with van der Waals surface area (Å²) in [6.07, 6.45) is 1.71. The van der Waals surface area contributed by atoms with Crippen LogP contribution in [0.4, 0.5) is 0 Å². The highest BCUT2D eigenvalue weighted by Gasteiger charge is 2.27. The van der Waals surface area contributed by atoms with E-state index in [1.54, 1.807) is 6.26 Å². The molecule has 118 valence electrons. The molecule has 0 radical (unpaired) electrons. The molecule has 5 nitrogen and oxygen atoms in total. The summed E-state index contributed by atoms with van der Waals surface area (Å²) in [6, 6.07) is 3.85. The zero-order valence-electron chi connectivity index (χ0n) is 13.6. The lowest BCUT2D eigenvalue weighted by atomic mass is 10.1. The van der Waals surface area contributed by atoms with E-state index in [-0.39, 0.29) is 17.5 Å². The minimum atomic E-state index is -0.174. The highest BCUT2D eigenvalue weighted by Crippen LogP contribution is 2.12. The van der Waals surface area contributed by atoms with Gasteiger partial charge < -0.3 is 9.73 Å². The van der Waals surface area contributed by atoms with Crippen molar-refractivity contribution >= 4 is 5.91 Å². The Labute approximate surface area is 127 Å². The van der Waals surface area contributed by atoms with Gasteiger partial charge in [-0.25, -0.2) is 0 Å². The molecule has 1 aromatic rings. The Morgan fingerprint density at radius 1 is 1.33 bits per heavy atom. The molecule has 5 heteroatoms. The molecule has 1 aliphatic heterocycles. The number of amides is 1. The van der Waals surface area contributed by atoms with Crippen molar-refractivity contribution in [2.24, 2.45) is 0 Å². The third kappa shape index (κ3) is 4.86. The van der Waals surface area contributed by atoms with Crippen LogP contribution in [-0.4, -0.2) is 53.5 Å². The molecule has 2 heterocycles. The largest absolute Gasteiger partial charge is 0.468 e. The van der Waals surface area contributed by atoms with Crippen molar-refractivity contribution in [1.29, 1.82) is 0 Å². The SMILES string of the molecule is CC(C(=O)NC(C)(C)C)N1CCN(Cc2ccco2)CC1. The number of furan rings is 1. The van der Waals surface area contributed by atoms with Gasteiger partial charge in [0.25, 0.3) is 0 Å². The van der Waals surface area contributed by atoms with Gasteiger partial charge in [-0.1, -0.05) is 0 Å². The van der Waals surface area contributed by atoms with E-state index in [1.165, 1.54) is 0 Å². The highest BCUT2D eigenvalue weighted by molar-refractivity contribution is 5.81. The molecule has 1 fully saturated rings. The van der Waals surface area contributed by atoms with Crippen LogP contribution in [0.15, 0.2) is 22.8 Å². The molecule has 0 saturated carbocycles. The second-order valence-electron chi connectivity index (χ2n) is 6.81. The molecule has 0 spiro atoms. The van der Waals surface area contributed by atoms with E-state index in [1.807, 2.05) is 39.8 Å². The third-order valence-electron chi connectivity index (χ3n) is 3.79. The normalized spacial score (nSPS) is 19.4. The van der Waals surface area contributed by atoms with E-state index in [4.69, 9.17) is 4.42 Å². The number of hydrogen-bond donors (Lipinski definition) is 1. The Bertz CT molecular complexity index is 443. The summed E-state index contributed by atoms with van der Waals surface area (Å²) in [4.78, 5) is 16.8. The highest BCUT2D eigenvalue weighted by atomic mass is 16.3. The number of carbonyl (C=O) groups excluding carboxylic acids is 1. The van der Waals surface area contributed by atoms with Gasteiger partial charge in [-0.3, -0.25) is 14.6 Å². The van der Waals surface area contributed by atoms with Gasteiger partial charge in [-0.05, 0) is 39.8 Å². The third-order valence-corrected chi connectivity index (χ3v) is 3.79. The predicted molar refractivity (Wildman–Crippen MR) is 82.9 cm³/mol. The monoisotopic (exact) mass is 293 g/mol. The molecule has 2 rings (SSSR count). The van der Waals surface area contributed by atoms with Crippen LogP contribution >= 0.6 is 0 Å². The Kier molecular flexibility index (Phi) is 5.06. The van der Waals surface area contributed by atoms with Crippen molar-refractivity contribution in [3.05, 3.63) is 24.2 Å². The van der Waals surface area contributed by atoms with Crippen molar-refractivity contribution in [3.8, 4) is 0 Å². The van der Waals surface area contributed by atoms with Crippen molar-refractivity contribution in [2.75, 3.05) is 26.2 Å². The van der Waals surface area contributed by atoms with E-state index in [2.05, 4.69) is 15.1 Å². The lowest BCUT2D eigenvalue weighted by molar-refractivity contribution is -0.128. The maximum atomic E-state index is 12.2. The van der Waals surface area contributed by atoms with E-state index in [0.717, 1.165) is 38.5 Å². The summed E-state index contributed by atoms with van der Waals surface area (Å²) in [5, 5.41) is 3.05. The molecule has 1 atom stereocenters. The minimum Gasteiger partial charge on any atom is -0.468 e. The molecule has 21 heavy (non-hydrogen) atoms. The zero-order chi connectivity index (χ0) is 15.5. The van der Waals surface area contributed by atoms with Crippen LogP contribution in [0.5, 0.6) is 0 Å². The van der Waals surface area contributed by atoms with Crippen molar-refractivity contribution in [1.82, 2.24) is 15.1 Å².